The van der Waals surface area contributed by atoms with Crippen LogP contribution in [0, 0.1) is 13.8 Å². The van der Waals surface area contributed by atoms with Gasteiger partial charge in [0.25, 0.3) is 0 Å². The Hall–Kier alpha value is -1.58. The Kier molecular flexibility index (Phi) is 2.51. The van der Waals surface area contributed by atoms with E-state index >= 15 is 0 Å². The highest BCUT2D eigenvalue weighted by Crippen LogP contribution is 2.14. The van der Waals surface area contributed by atoms with Gasteiger partial charge in [-0.15, -0.1) is 0 Å². The van der Waals surface area contributed by atoms with E-state index in [4.69, 9.17) is 5.73 Å². The zero-order valence-electron chi connectivity index (χ0n) is 7.92. The van der Waals surface area contributed by atoms with Gasteiger partial charge >= 0.3 is 5.97 Å². The lowest BCUT2D eigenvalue weighted by Crippen LogP contribution is -2.10. The molecule has 4 nitrogen and oxygen atoms in total. The summed E-state index contributed by atoms with van der Waals surface area (Å²) in [5, 5.41) is 0. The number of esters is 1. The van der Waals surface area contributed by atoms with Crippen LogP contribution in [0.25, 0.3) is 0 Å². The van der Waals surface area contributed by atoms with Gasteiger partial charge in [0, 0.05) is 5.69 Å². The van der Waals surface area contributed by atoms with E-state index in [1.807, 2.05) is 13.8 Å². The molecule has 4 heteroatoms. The monoisotopic (exact) mass is 180 g/mol. The SMILES string of the molecule is COC(=O)c1nc(C)c(C)cc1N. The number of rotatable bonds is 1. The lowest BCUT2D eigenvalue weighted by atomic mass is 10.2. The van der Waals surface area contributed by atoms with Crippen molar-refractivity contribution in [3.63, 3.8) is 0 Å². The fourth-order valence-electron chi connectivity index (χ4n) is 0.987. The first-order valence-corrected chi connectivity index (χ1v) is 3.88. The predicted octanol–water partition coefficient (Wildman–Crippen LogP) is 1.07. The maximum absolute atomic E-state index is 11.1. The number of ether oxygens (including phenoxy) is 1. The number of methoxy groups -OCH3 is 1. The van der Waals surface area contributed by atoms with E-state index in [0.29, 0.717) is 5.69 Å². The molecular formula is C9H12N2O2. The van der Waals surface area contributed by atoms with E-state index < -0.39 is 5.97 Å². The third kappa shape index (κ3) is 1.77. The number of nitrogen functional groups attached to an aromatic ring is 1. The number of carbonyl (C=O) groups is 1. The maximum Gasteiger partial charge on any atom is 0.358 e. The van der Waals surface area contributed by atoms with Gasteiger partial charge < -0.3 is 10.5 Å². The van der Waals surface area contributed by atoms with Gasteiger partial charge in [0.2, 0.25) is 0 Å². The zero-order chi connectivity index (χ0) is 10.0. The molecular weight excluding hydrogens is 168 g/mol. The van der Waals surface area contributed by atoms with Crippen LogP contribution < -0.4 is 5.73 Å². The molecule has 1 heterocycles. The fraction of sp³-hybridized carbons (Fsp3) is 0.333. The van der Waals surface area contributed by atoms with Gasteiger partial charge in [0.05, 0.1) is 12.8 Å². The van der Waals surface area contributed by atoms with Crippen LogP contribution in [0.1, 0.15) is 21.7 Å². The minimum absolute atomic E-state index is 0.186. The van der Waals surface area contributed by atoms with Crippen LogP contribution in [0.3, 0.4) is 0 Å². The van der Waals surface area contributed by atoms with E-state index in [1.54, 1.807) is 6.07 Å². The molecule has 0 spiro atoms. The van der Waals surface area contributed by atoms with Crippen LogP contribution in [0.5, 0.6) is 0 Å². The number of aromatic nitrogens is 1. The quantitative estimate of drug-likeness (QED) is 0.656. The number of nitrogens with two attached hydrogens (primary N) is 1. The highest BCUT2D eigenvalue weighted by atomic mass is 16.5. The summed E-state index contributed by atoms with van der Waals surface area (Å²) in [6.45, 7) is 3.71. The van der Waals surface area contributed by atoms with Crippen LogP contribution in [-0.4, -0.2) is 18.1 Å². The first-order valence-electron chi connectivity index (χ1n) is 3.88. The Morgan fingerprint density at radius 3 is 2.69 bits per heavy atom. The topological polar surface area (TPSA) is 65.2 Å². The van der Waals surface area contributed by atoms with Crippen LogP contribution in [0.15, 0.2) is 6.07 Å². The smallest absolute Gasteiger partial charge is 0.358 e. The van der Waals surface area contributed by atoms with Crippen molar-refractivity contribution in [3.8, 4) is 0 Å². The molecule has 0 bridgehead atoms. The van der Waals surface area contributed by atoms with Gasteiger partial charge in [0.1, 0.15) is 0 Å². The molecule has 0 radical (unpaired) electrons. The summed E-state index contributed by atoms with van der Waals surface area (Å²) in [7, 11) is 1.30. The van der Waals surface area contributed by atoms with E-state index in [2.05, 4.69) is 9.72 Å². The minimum Gasteiger partial charge on any atom is -0.464 e. The molecule has 13 heavy (non-hydrogen) atoms. The predicted molar refractivity (Wildman–Crippen MR) is 49.5 cm³/mol. The third-order valence-electron chi connectivity index (χ3n) is 1.87. The van der Waals surface area contributed by atoms with Gasteiger partial charge in [-0.2, -0.15) is 0 Å². The molecule has 1 aromatic heterocycles. The molecule has 70 valence electrons. The van der Waals surface area contributed by atoms with Crippen LogP contribution in [-0.2, 0) is 4.74 Å². The highest BCUT2D eigenvalue weighted by molar-refractivity contribution is 5.92. The van der Waals surface area contributed by atoms with Gasteiger partial charge in [-0.1, -0.05) is 0 Å². The second-order valence-electron chi connectivity index (χ2n) is 2.82. The van der Waals surface area contributed by atoms with E-state index in [-0.39, 0.29) is 5.69 Å². The first-order chi connectivity index (χ1) is 6.06. The minimum atomic E-state index is -0.499. The highest BCUT2D eigenvalue weighted by Gasteiger charge is 2.12. The molecule has 0 unspecified atom stereocenters. The van der Waals surface area contributed by atoms with E-state index in [0.717, 1.165) is 11.3 Å². The van der Waals surface area contributed by atoms with Crippen molar-refractivity contribution in [1.29, 1.82) is 0 Å². The largest absolute Gasteiger partial charge is 0.464 e. The van der Waals surface area contributed by atoms with Crippen molar-refractivity contribution in [2.75, 3.05) is 12.8 Å². The van der Waals surface area contributed by atoms with E-state index in [9.17, 15) is 4.79 Å². The van der Waals surface area contributed by atoms with Gasteiger partial charge in [0.15, 0.2) is 5.69 Å². The zero-order valence-corrected chi connectivity index (χ0v) is 7.92. The van der Waals surface area contributed by atoms with Gasteiger partial charge in [-0.3, -0.25) is 0 Å². The molecule has 0 aliphatic rings. The number of nitrogens with zero attached hydrogens (tertiary/aromatic N) is 1. The fourth-order valence-corrected chi connectivity index (χ4v) is 0.987. The van der Waals surface area contributed by atoms with E-state index in [1.165, 1.54) is 7.11 Å². The van der Waals surface area contributed by atoms with Gasteiger partial charge in [-0.05, 0) is 25.5 Å². The first kappa shape index (κ1) is 9.51. The standard InChI is InChI=1S/C9H12N2O2/c1-5-4-7(10)8(9(12)13-3)11-6(5)2/h4H,10H2,1-3H3. The normalized spacial score (nSPS) is 9.77. The molecule has 0 fully saturated rings. The molecule has 1 aromatic rings. The Balaban J connectivity index is 3.23. The summed E-state index contributed by atoms with van der Waals surface area (Å²) < 4.78 is 4.53. The van der Waals surface area contributed by atoms with Crippen LogP contribution in [0.2, 0.25) is 0 Å². The molecule has 2 N–H and O–H groups in total. The Morgan fingerprint density at radius 1 is 1.54 bits per heavy atom. The number of hydrogen-bond acceptors (Lipinski definition) is 4. The average molecular weight is 180 g/mol. The van der Waals surface area contributed by atoms with Crippen molar-refractivity contribution < 1.29 is 9.53 Å². The summed E-state index contributed by atoms with van der Waals surface area (Å²) in [5.41, 5.74) is 7.90. The molecule has 0 saturated heterocycles. The average Bonchev–Trinajstić information content (AvgIpc) is 2.10. The van der Waals surface area contributed by atoms with Crippen molar-refractivity contribution in [1.82, 2.24) is 4.98 Å². The number of anilines is 1. The Labute approximate surface area is 76.7 Å². The Bertz CT molecular complexity index is 348. The van der Waals surface area contributed by atoms with Crippen molar-refractivity contribution >= 4 is 11.7 Å². The van der Waals surface area contributed by atoms with Crippen molar-refractivity contribution in [3.05, 3.63) is 23.0 Å². The summed E-state index contributed by atoms with van der Waals surface area (Å²) in [4.78, 5) is 15.2. The number of aryl methyl sites for hydroxylation is 2. The summed E-state index contributed by atoms with van der Waals surface area (Å²) >= 11 is 0. The lowest BCUT2D eigenvalue weighted by Gasteiger charge is -2.05. The van der Waals surface area contributed by atoms with Crippen LogP contribution in [0.4, 0.5) is 5.69 Å². The van der Waals surface area contributed by atoms with Gasteiger partial charge in [-0.25, -0.2) is 9.78 Å². The summed E-state index contributed by atoms with van der Waals surface area (Å²) in [6, 6.07) is 1.72. The number of hydrogen-bond donors (Lipinski definition) is 1. The maximum atomic E-state index is 11.1. The molecule has 0 amide bonds. The molecule has 0 aliphatic heterocycles. The molecule has 0 atom stereocenters. The second kappa shape index (κ2) is 3.43. The van der Waals surface area contributed by atoms with Crippen molar-refractivity contribution in [2.45, 2.75) is 13.8 Å². The molecule has 1 rings (SSSR count). The summed E-state index contributed by atoms with van der Waals surface area (Å²) in [5.74, 6) is -0.499. The Morgan fingerprint density at radius 2 is 2.15 bits per heavy atom. The van der Waals surface area contributed by atoms with Crippen molar-refractivity contribution in [2.24, 2.45) is 0 Å². The van der Waals surface area contributed by atoms with Crippen LogP contribution >= 0.6 is 0 Å². The number of pyridine rings is 1. The second-order valence-corrected chi connectivity index (χ2v) is 2.82. The lowest BCUT2D eigenvalue weighted by molar-refractivity contribution is 0.0595. The third-order valence-corrected chi connectivity index (χ3v) is 1.87. The number of carbonyl (C=O) groups excluding carboxylic acids is 1. The summed E-state index contributed by atoms with van der Waals surface area (Å²) in [6.07, 6.45) is 0. The molecule has 0 aliphatic carbocycles. The molecule has 0 aromatic carbocycles. The molecule has 0 saturated carbocycles.